The summed E-state index contributed by atoms with van der Waals surface area (Å²) in [4.78, 5) is 13.1. The van der Waals surface area contributed by atoms with Gasteiger partial charge in [0, 0.05) is 11.7 Å². The summed E-state index contributed by atoms with van der Waals surface area (Å²) in [7, 11) is 0. The number of alkyl halides is 3. The smallest absolute Gasteiger partial charge is 0.398 e. The zero-order valence-corrected chi connectivity index (χ0v) is 10.5. The molecule has 19 heavy (non-hydrogen) atoms. The lowest BCUT2D eigenvalue weighted by Gasteiger charge is -2.24. The van der Waals surface area contributed by atoms with Crippen molar-refractivity contribution in [3.63, 3.8) is 0 Å². The molecule has 0 spiro atoms. The number of hydrogen-bond donors (Lipinski definition) is 1. The summed E-state index contributed by atoms with van der Waals surface area (Å²) in [6.07, 6.45) is -3.15. The van der Waals surface area contributed by atoms with Crippen LogP contribution in [0.1, 0.15) is 28.8 Å². The summed E-state index contributed by atoms with van der Waals surface area (Å²) in [5.41, 5.74) is 6.84. The summed E-state index contributed by atoms with van der Waals surface area (Å²) >= 11 is 0. The number of amides is 1. The second-order valence-electron chi connectivity index (χ2n) is 4.87. The molecule has 1 saturated carbocycles. The van der Waals surface area contributed by atoms with Gasteiger partial charge in [-0.25, -0.2) is 0 Å². The lowest BCUT2D eigenvalue weighted by atomic mass is 10.1. The summed E-state index contributed by atoms with van der Waals surface area (Å²) in [5, 5.41) is 0. The summed E-state index contributed by atoms with van der Waals surface area (Å²) in [6.45, 7) is 0.547. The number of nitrogens with zero attached hydrogens (tertiary/aromatic N) is 1. The van der Waals surface area contributed by atoms with Gasteiger partial charge in [-0.1, -0.05) is 11.6 Å². The lowest BCUT2D eigenvalue weighted by molar-refractivity contribution is -0.141. The van der Waals surface area contributed by atoms with E-state index in [1.807, 2.05) is 0 Å². The van der Waals surface area contributed by atoms with Gasteiger partial charge in [-0.3, -0.25) is 4.79 Å². The van der Waals surface area contributed by atoms with Crippen LogP contribution in [0.5, 0.6) is 0 Å². The molecule has 3 nitrogen and oxygen atoms in total. The number of nitrogen functional groups attached to an aromatic ring is 1. The van der Waals surface area contributed by atoms with E-state index in [4.69, 9.17) is 5.73 Å². The Balaban J connectivity index is 2.26. The third-order valence-electron chi connectivity index (χ3n) is 3.04. The highest BCUT2D eigenvalue weighted by Gasteiger charge is 2.41. The SMILES string of the molecule is Cc1ccc(N)c(C(=O)N(CC(F)(F)F)C2CC2)c1. The predicted octanol–water partition coefficient (Wildman–Crippen LogP) is 2.74. The van der Waals surface area contributed by atoms with E-state index in [1.165, 1.54) is 6.07 Å². The van der Waals surface area contributed by atoms with Crippen molar-refractivity contribution in [2.45, 2.75) is 32.0 Å². The van der Waals surface area contributed by atoms with Crippen molar-refractivity contribution in [1.82, 2.24) is 4.90 Å². The number of carbonyl (C=O) groups excluding carboxylic acids is 1. The third kappa shape index (κ3) is 3.39. The third-order valence-corrected chi connectivity index (χ3v) is 3.04. The largest absolute Gasteiger partial charge is 0.406 e. The van der Waals surface area contributed by atoms with Gasteiger partial charge in [0.05, 0.1) is 5.56 Å². The zero-order chi connectivity index (χ0) is 14.2. The van der Waals surface area contributed by atoms with Gasteiger partial charge in [-0.2, -0.15) is 13.2 Å². The molecule has 0 bridgehead atoms. The molecule has 1 aliphatic rings. The second kappa shape index (κ2) is 4.75. The van der Waals surface area contributed by atoms with Gasteiger partial charge in [0.1, 0.15) is 6.54 Å². The van der Waals surface area contributed by atoms with E-state index in [-0.39, 0.29) is 17.3 Å². The molecule has 0 aliphatic heterocycles. The van der Waals surface area contributed by atoms with Crippen molar-refractivity contribution < 1.29 is 18.0 Å². The minimum Gasteiger partial charge on any atom is -0.398 e. The average molecular weight is 272 g/mol. The number of hydrogen-bond acceptors (Lipinski definition) is 2. The first-order valence-corrected chi connectivity index (χ1v) is 6.02. The van der Waals surface area contributed by atoms with Crippen LogP contribution in [0, 0.1) is 6.92 Å². The van der Waals surface area contributed by atoms with Gasteiger partial charge in [0.2, 0.25) is 0 Å². The number of anilines is 1. The molecular formula is C13H15F3N2O. The molecule has 6 heteroatoms. The van der Waals surface area contributed by atoms with E-state index in [9.17, 15) is 18.0 Å². The molecule has 1 aromatic carbocycles. The van der Waals surface area contributed by atoms with Gasteiger partial charge in [0.15, 0.2) is 0 Å². The van der Waals surface area contributed by atoms with Crippen LogP contribution >= 0.6 is 0 Å². The molecule has 0 unspecified atom stereocenters. The van der Waals surface area contributed by atoms with E-state index >= 15 is 0 Å². The predicted molar refractivity (Wildman–Crippen MR) is 65.7 cm³/mol. The highest BCUT2D eigenvalue weighted by atomic mass is 19.4. The van der Waals surface area contributed by atoms with Crippen molar-refractivity contribution in [3.8, 4) is 0 Å². The fourth-order valence-electron chi connectivity index (χ4n) is 1.96. The van der Waals surface area contributed by atoms with Crippen LogP contribution in [0.3, 0.4) is 0 Å². The van der Waals surface area contributed by atoms with E-state index in [0.29, 0.717) is 12.8 Å². The van der Waals surface area contributed by atoms with Gasteiger partial charge < -0.3 is 10.6 Å². The first-order valence-electron chi connectivity index (χ1n) is 6.02. The number of rotatable bonds is 3. The van der Waals surface area contributed by atoms with Crippen LogP contribution in [-0.2, 0) is 0 Å². The Morgan fingerprint density at radius 1 is 1.42 bits per heavy atom. The second-order valence-corrected chi connectivity index (χ2v) is 4.87. The van der Waals surface area contributed by atoms with Crippen LogP contribution in [0.15, 0.2) is 18.2 Å². The van der Waals surface area contributed by atoms with Crippen LogP contribution in [0.2, 0.25) is 0 Å². The van der Waals surface area contributed by atoms with E-state index in [1.54, 1.807) is 19.1 Å². The van der Waals surface area contributed by atoms with Gasteiger partial charge in [0.25, 0.3) is 5.91 Å². The number of benzene rings is 1. The molecule has 0 atom stereocenters. The molecule has 1 aliphatic carbocycles. The Labute approximate surface area is 109 Å². The number of nitrogens with two attached hydrogens (primary N) is 1. The number of halogens is 3. The Morgan fingerprint density at radius 3 is 2.58 bits per heavy atom. The van der Waals surface area contributed by atoms with Crippen molar-refractivity contribution in [3.05, 3.63) is 29.3 Å². The molecule has 2 N–H and O–H groups in total. The maximum atomic E-state index is 12.5. The number of aryl methyl sites for hydroxylation is 1. The van der Waals surface area contributed by atoms with Crippen LogP contribution < -0.4 is 5.73 Å². The molecule has 104 valence electrons. The first-order chi connectivity index (χ1) is 8.78. The van der Waals surface area contributed by atoms with Gasteiger partial charge >= 0.3 is 6.18 Å². The lowest BCUT2D eigenvalue weighted by Crippen LogP contribution is -2.40. The number of carbonyl (C=O) groups is 1. The molecule has 0 heterocycles. The van der Waals surface area contributed by atoms with Crippen molar-refractivity contribution in [2.24, 2.45) is 0 Å². The van der Waals surface area contributed by atoms with Gasteiger partial charge in [-0.15, -0.1) is 0 Å². The van der Waals surface area contributed by atoms with Crippen LogP contribution in [0.4, 0.5) is 18.9 Å². The first kappa shape index (κ1) is 13.7. The molecule has 2 rings (SSSR count). The monoisotopic (exact) mass is 272 g/mol. The van der Waals surface area contributed by atoms with Crippen LogP contribution in [-0.4, -0.2) is 29.6 Å². The minimum absolute atomic E-state index is 0.149. The molecule has 1 amide bonds. The van der Waals surface area contributed by atoms with Crippen molar-refractivity contribution in [2.75, 3.05) is 12.3 Å². The highest BCUT2D eigenvalue weighted by molar-refractivity contribution is 5.99. The summed E-state index contributed by atoms with van der Waals surface area (Å²) in [6, 6.07) is 4.48. The standard InChI is InChI=1S/C13H15F3N2O/c1-8-2-5-11(17)10(6-8)12(19)18(9-3-4-9)7-13(14,15)16/h2,5-6,9H,3-4,7,17H2,1H3. The quantitative estimate of drug-likeness (QED) is 0.860. The molecular weight excluding hydrogens is 257 g/mol. The van der Waals surface area contributed by atoms with Crippen LogP contribution in [0.25, 0.3) is 0 Å². The topological polar surface area (TPSA) is 46.3 Å². The van der Waals surface area contributed by atoms with E-state index in [2.05, 4.69) is 0 Å². The Hall–Kier alpha value is -1.72. The van der Waals surface area contributed by atoms with Gasteiger partial charge in [-0.05, 0) is 31.9 Å². The maximum Gasteiger partial charge on any atom is 0.406 e. The molecule has 0 aromatic heterocycles. The average Bonchev–Trinajstić information content (AvgIpc) is 3.11. The Morgan fingerprint density at radius 2 is 2.05 bits per heavy atom. The van der Waals surface area contributed by atoms with Crippen molar-refractivity contribution in [1.29, 1.82) is 0 Å². The van der Waals surface area contributed by atoms with Crippen molar-refractivity contribution >= 4 is 11.6 Å². The molecule has 0 saturated heterocycles. The molecule has 0 radical (unpaired) electrons. The zero-order valence-electron chi connectivity index (χ0n) is 10.5. The normalized spacial score (nSPS) is 15.4. The molecule has 1 aromatic rings. The fourth-order valence-corrected chi connectivity index (χ4v) is 1.96. The molecule has 1 fully saturated rings. The fraction of sp³-hybridized carbons (Fsp3) is 0.462. The van der Waals surface area contributed by atoms with E-state index < -0.39 is 18.6 Å². The highest BCUT2D eigenvalue weighted by Crippen LogP contribution is 2.32. The van der Waals surface area contributed by atoms with E-state index in [0.717, 1.165) is 10.5 Å². The Bertz CT molecular complexity index is 495. The summed E-state index contributed by atoms with van der Waals surface area (Å²) < 4.78 is 37.6. The maximum absolute atomic E-state index is 12.5. The summed E-state index contributed by atoms with van der Waals surface area (Å²) in [5.74, 6) is -0.638. The minimum atomic E-state index is -4.39. The Kier molecular flexibility index (Phi) is 3.43.